The molecule has 4 nitrogen and oxygen atoms in total. The zero-order valence-electron chi connectivity index (χ0n) is 11.2. The number of fused-ring (bicyclic) bond motifs is 1. The zero-order chi connectivity index (χ0) is 13.4. The molecule has 0 aliphatic rings. The van der Waals surface area contributed by atoms with Crippen LogP contribution in [0.5, 0.6) is 0 Å². The van der Waals surface area contributed by atoms with E-state index in [1.165, 1.54) is 11.3 Å². The molecule has 0 fully saturated rings. The molecule has 0 N–H and O–H groups in total. The van der Waals surface area contributed by atoms with Gasteiger partial charge in [0.15, 0.2) is 0 Å². The predicted octanol–water partition coefficient (Wildman–Crippen LogP) is 3.41. The van der Waals surface area contributed by atoms with Crippen molar-refractivity contribution in [2.24, 2.45) is 0 Å². The summed E-state index contributed by atoms with van der Waals surface area (Å²) in [5.41, 5.74) is 3.43. The second-order valence-electron chi connectivity index (χ2n) is 4.46. The van der Waals surface area contributed by atoms with Crippen LogP contribution in [0.4, 0.5) is 0 Å². The maximum atomic E-state index is 5.44. The normalized spacial score (nSPS) is 11.3. The molecule has 0 aliphatic heterocycles. The van der Waals surface area contributed by atoms with Crippen LogP contribution in [0.2, 0.25) is 0 Å². The summed E-state index contributed by atoms with van der Waals surface area (Å²) in [5.74, 6) is 0.935. The van der Waals surface area contributed by atoms with Gasteiger partial charge in [0, 0.05) is 5.69 Å². The largest absolute Gasteiger partial charge is 0.467 e. The second-order valence-corrected chi connectivity index (χ2v) is 5.25. The number of hydrogen-bond acceptors (Lipinski definition) is 4. The van der Waals surface area contributed by atoms with Crippen LogP contribution >= 0.6 is 11.8 Å². The van der Waals surface area contributed by atoms with E-state index in [0.29, 0.717) is 6.54 Å². The Kier molecular flexibility index (Phi) is 3.06. The van der Waals surface area contributed by atoms with E-state index in [-0.39, 0.29) is 0 Å². The molecule has 3 aromatic heterocycles. The Morgan fingerprint density at radius 3 is 2.84 bits per heavy atom. The van der Waals surface area contributed by atoms with Crippen LogP contribution in [0.15, 0.2) is 34.2 Å². The van der Waals surface area contributed by atoms with E-state index in [1.54, 1.807) is 24.4 Å². The summed E-state index contributed by atoms with van der Waals surface area (Å²) in [6, 6.07) is 3.89. The van der Waals surface area contributed by atoms with Crippen LogP contribution in [0.3, 0.4) is 0 Å². The Labute approximate surface area is 115 Å². The van der Waals surface area contributed by atoms with Gasteiger partial charge in [0.1, 0.15) is 22.8 Å². The minimum atomic E-state index is 0.702. The van der Waals surface area contributed by atoms with Gasteiger partial charge >= 0.3 is 0 Å². The molecule has 3 heterocycles. The van der Waals surface area contributed by atoms with Crippen molar-refractivity contribution in [1.82, 2.24) is 14.5 Å². The van der Waals surface area contributed by atoms with Crippen molar-refractivity contribution < 1.29 is 4.42 Å². The third kappa shape index (κ3) is 1.94. The van der Waals surface area contributed by atoms with Gasteiger partial charge < -0.3 is 8.98 Å². The first kappa shape index (κ1) is 12.3. The maximum Gasteiger partial charge on any atom is 0.145 e. The summed E-state index contributed by atoms with van der Waals surface area (Å²) in [6.45, 7) is 4.94. The highest BCUT2D eigenvalue weighted by Gasteiger charge is 2.16. The van der Waals surface area contributed by atoms with Crippen molar-refractivity contribution in [2.45, 2.75) is 25.4 Å². The lowest BCUT2D eigenvalue weighted by Crippen LogP contribution is -2.02. The lowest BCUT2D eigenvalue weighted by Gasteiger charge is -2.05. The predicted molar refractivity (Wildman–Crippen MR) is 76.6 cm³/mol. The van der Waals surface area contributed by atoms with Gasteiger partial charge in [-0.2, -0.15) is 0 Å². The molecule has 3 aromatic rings. The zero-order valence-corrected chi connectivity index (χ0v) is 12.0. The fourth-order valence-corrected chi connectivity index (χ4v) is 2.94. The van der Waals surface area contributed by atoms with E-state index in [2.05, 4.69) is 28.4 Å². The van der Waals surface area contributed by atoms with Gasteiger partial charge in [0.2, 0.25) is 0 Å². The van der Waals surface area contributed by atoms with Crippen molar-refractivity contribution >= 4 is 22.8 Å². The minimum Gasteiger partial charge on any atom is -0.467 e. The summed E-state index contributed by atoms with van der Waals surface area (Å²) in [5, 5.41) is 2.18. The van der Waals surface area contributed by atoms with Crippen molar-refractivity contribution in [3.05, 3.63) is 41.7 Å². The van der Waals surface area contributed by atoms with Crippen LogP contribution < -0.4 is 0 Å². The van der Waals surface area contributed by atoms with E-state index in [9.17, 15) is 0 Å². The molecule has 3 rings (SSSR count). The van der Waals surface area contributed by atoms with E-state index in [1.807, 2.05) is 18.4 Å². The summed E-state index contributed by atoms with van der Waals surface area (Å²) in [4.78, 5) is 8.80. The van der Waals surface area contributed by atoms with Crippen molar-refractivity contribution in [2.75, 3.05) is 6.26 Å². The highest BCUT2D eigenvalue weighted by atomic mass is 32.2. The number of aryl methyl sites for hydroxylation is 1. The second kappa shape index (κ2) is 4.74. The summed E-state index contributed by atoms with van der Waals surface area (Å²) >= 11 is 1.65. The molecule has 0 radical (unpaired) electrons. The van der Waals surface area contributed by atoms with Crippen LogP contribution in [0.25, 0.3) is 11.0 Å². The Hall–Kier alpha value is -1.75. The third-order valence-corrected chi connectivity index (χ3v) is 4.15. The van der Waals surface area contributed by atoms with Gasteiger partial charge in [-0.15, -0.1) is 11.8 Å². The smallest absolute Gasteiger partial charge is 0.145 e. The lowest BCUT2D eigenvalue weighted by atomic mass is 10.2. The van der Waals surface area contributed by atoms with Gasteiger partial charge in [-0.05, 0) is 37.8 Å². The first-order chi connectivity index (χ1) is 9.22. The molecule has 0 spiro atoms. The minimum absolute atomic E-state index is 0.702. The molecule has 0 bridgehead atoms. The number of aromatic nitrogens is 3. The SMILES string of the molecule is CSc1ncnc2c1c(C)c(C)n2Cc1ccco1. The topological polar surface area (TPSA) is 43.9 Å². The molecule has 0 aliphatic carbocycles. The van der Waals surface area contributed by atoms with Crippen molar-refractivity contribution in [3.63, 3.8) is 0 Å². The van der Waals surface area contributed by atoms with Crippen LogP contribution in [0, 0.1) is 13.8 Å². The quantitative estimate of drug-likeness (QED) is 0.542. The highest BCUT2D eigenvalue weighted by Crippen LogP contribution is 2.30. The molecule has 98 valence electrons. The fraction of sp³-hybridized carbons (Fsp3) is 0.286. The van der Waals surface area contributed by atoms with E-state index >= 15 is 0 Å². The number of hydrogen-bond donors (Lipinski definition) is 0. The summed E-state index contributed by atoms with van der Waals surface area (Å²) < 4.78 is 7.62. The number of nitrogens with zero attached hydrogens (tertiary/aromatic N) is 3. The van der Waals surface area contributed by atoms with Crippen LogP contribution in [0.1, 0.15) is 17.0 Å². The molecule has 5 heteroatoms. The van der Waals surface area contributed by atoms with Gasteiger partial charge in [-0.25, -0.2) is 9.97 Å². The molecular formula is C14H15N3OS. The number of rotatable bonds is 3. The first-order valence-corrected chi connectivity index (χ1v) is 7.31. The fourth-order valence-electron chi connectivity index (χ4n) is 2.34. The Morgan fingerprint density at radius 1 is 1.32 bits per heavy atom. The van der Waals surface area contributed by atoms with E-state index < -0.39 is 0 Å². The average Bonchev–Trinajstić information content (AvgIpc) is 3.02. The van der Waals surface area contributed by atoms with E-state index in [4.69, 9.17) is 4.42 Å². The molecule has 0 saturated carbocycles. The molecule has 0 unspecified atom stereocenters. The average molecular weight is 273 g/mol. The van der Waals surface area contributed by atoms with Gasteiger partial charge in [-0.1, -0.05) is 0 Å². The third-order valence-electron chi connectivity index (χ3n) is 3.46. The molecule has 0 amide bonds. The Morgan fingerprint density at radius 2 is 2.16 bits per heavy atom. The molecule has 19 heavy (non-hydrogen) atoms. The van der Waals surface area contributed by atoms with Crippen molar-refractivity contribution in [3.8, 4) is 0 Å². The molecular weight excluding hydrogens is 258 g/mol. The van der Waals surface area contributed by atoms with E-state index in [0.717, 1.165) is 21.8 Å². The van der Waals surface area contributed by atoms with Gasteiger partial charge in [-0.3, -0.25) is 0 Å². The maximum absolute atomic E-state index is 5.44. The molecule has 0 saturated heterocycles. The lowest BCUT2D eigenvalue weighted by molar-refractivity contribution is 0.494. The number of thioether (sulfide) groups is 1. The summed E-state index contributed by atoms with van der Waals surface area (Å²) in [7, 11) is 0. The highest BCUT2D eigenvalue weighted by molar-refractivity contribution is 7.98. The standard InChI is InChI=1S/C14H15N3OS/c1-9-10(2)17(7-11-5-4-6-18-11)13-12(9)14(19-3)16-8-15-13/h4-6,8H,7H2,1-3H3. The first-order valence-electron chi connectivity index (χ1n) is 6.09. The Balaban J connectivity index is 2.22. The Bertz CT molecular complexity index is 716. The van der Waals surface area contributed by atoms with Gasteiger partial charge in [0.25, 0.3) is 0 Å². The van der Waals surface area contributed by atoms with Crippen LogP contribution in [-0.2, 0) is 6.54 Å². The number of furan rings is 1. The van der Waals surface area contributed by atoms with Gasteiger partial charge in [0.05, 0.1) is 18.2 Å². The van der Waals surface area contributed by atoms with Crippen LogP contribution in [-0.4, -0.2) is 20.8 Å². The van der Waals surface area contributed by atoms with Crippen molar-refractivity contribution in [1.29, 1.82) is 0 Å². The molecule has 0 aromatic carbocycles. The monoisotopic (exact) mass is 273 g/mol. The molecule has 0 atom stereocenters. The summed E-state index contributed by atoms with van der Waals surface area (Å²) in [6.07, 6.45) is 5.37.